The molecule has 1 saturated heterocycles. The van der Waals surface area contributed by atoms with Gasteiger partial charge < -0.3 is 19.1 Å². The molecule has 3 rings (SSSR count). The first-order valence-electron chi connectivity index (χ1n) is 8.92. The van der Waals surface area contributed by atoms with E-state index < -0.39 is 0 Å². The number of carbonyl (C=O) groups is 1. The van der Waals surface area contributed by atoms with E-state index in [0.29, 0.717) is 29.2 Å². The number of benzene rings is 1. The minimum Gasteiger partial charge on any atom is -0.493 e. The zero-order valence-corrected chi connectivity index (χ0v) is 15.8. The molecule has 6 heteroatoms. The summed E-state index contributed by atoms with van der Waals surface area (Å²) in [6.07, 6.45) is 4.67. The van der Waals surface area contributed by atoms with Gasteiger partial charge in [0, 0.05) is 12.6 Å². The quantitative estimate of drug-likeness (QED) is 0.763. The van der Waals surface area contributed by atoms with Crippen LogP contribution in [0.4, 0.5) is 0 Å². The molecule has 2 fully saturated rings. The molecule has 1 aromatic carbocycles. The summed E-state index contributed by atoms with van der Waals surface area (Å²) in [6.45, 7) is 2.71. The van der Waals surface area contributed by atoms with Crippen LogP contribution in [0.15, 0.2) is 12.1 Å². The van der Waals surface area contributed by atoms with Gasteiger partial charge in [-0.15, -0.1) is 0 Å². The number of carbonyl (C=O) groups excluding carboxylic acids is 1. The highest BCUT2D eigenvalue weighted by Gasteiger charge is 2.40. The number of nitrogens with zero attached hydrogens (tertiary/aromatic N) is 1. The molecule has 1 saturated carbocycles. The van der Waals surface area contributed by atoms with Crippen LogP contribution in [-0.4, -0.2) is 43.8 Å². The van der Waals surface area contributed by atoms with E-state index in [0.717, 1.165) is 37.7 Å². The molecule has 138 valence electrons. The molecule has 0 spiro atoms. The number of hydrogen-bond donors (Lipinski definition) is 0. The molecule has 0 radical (unpaired) electrons. The zero-order valence-electron chi connectivity index (χ0n) is 15.1. The first-order valence-corrected chi connectivity index (χ1v) is 9.29. The Morgan fingerprint density at radius 2 is 2.00 bits per heavy atom. The highest BCUT2D eigenvalue weighted by Crippen LogP contribution is 2.41. The van der Waals surface area contributed by atoms with Crippen LogP contribution in [0.5, 0.6) is 11.5 Å². The van der Waals surface area contributed by atoms with Crippen LogP contribution in [0.2, 0.25) is 5.02 Å². The fraction of sp³-hybridized carbons (Fsp3) is 0.632. The lowest BCUT2D eigenvalue weighted by atomic mass is 10.0. The number of rotatable bonds is 6. The first kappa shape index (κ1) is 18.3. The van der Waals surface area contributed by atoms with Crippen LogP contribution in [0.25, 0.3) is 0 Å². The summed E-state index contributed by atoms with van der Waals surface area (Å²) >= 11 is 6.35. The molecule has 0 unspecified atom stereocenters. The molecule has 0 N–H and O–H groups in total. The van der Waals surface area contributed by atoms with Crippen molar-refractivity contribution in [1.82, 2.24) is 4.90 Å². The fourth-order valence-corrected chi connectivity index (χ4v) is 3.78. The van der Waals surface area contributed by atoms with Gasteiger partial charge in [0.2, 0.25) is 0 Å². The van der Waals surface area contributed by atoms with Gasteiger partial charge in [-0.3, -0.25) is 4.79 Å². The molecule has 25 heavy (non-hydrogen) atoms. The van der Waals surface area contributed by atoms with E-state index in [2.05, 4.69) is 0 Å². The summed E-state index contributed by atoms with van der Waals surface area (Å²) < 4.78 is 16.4. The van der Waals surface area contributed by atoms with Crippen LogP contribution in [0.3, 0.4) is 0 Å². The second kappa shape index (κ2) is 7.83. The van der Waals surface area contributed by atoms with Crippen molar-refractivity contribution in [2.75, 3.05) is 20.8 Å². The van der Waals surface area contributed by atoms with E-state index in [9.17, 15) is 4.79 Å². The minimum absolute atomic E-state index is 0.0946. The smallest absolute Gasteiger partial charge is 0.252 e. The summed E-state index contributed by atoms with van der Waals surface area (Å²) in [7, 11) is 3.15. The molecule has 0 bridgehead atoms. The van der Waals surface area contributed by atoms with Gasteiger partial charge in [-0.1, -0.05) is 11.6 Å². The lowest BCUT2D eigenvalue weighted by Crippen LogP contribution is -2.44. The summed E-state index contributed by atoms with van der Waals surface area (Å²) in [6, 6.07) is 3.96. The maximum atomic E-state index is 13.1. The van der Waals surface area contributed by atoms with Gasteiger partial charge in [0.15, 0.2) is 11.5 Å². The predicted octanol–water partition coefficient (Wildman–Crippen LogP) is 3.98. The summed E-state index contributed by atoms with van der Waals surface area (Å²) in [5, 5.41) is 0.487. The topological polar surface area (TPSA) is 48.0 Å². The molecule has 2 aliphatic rings. The molecular formula is C19H26ClNO4. The predicted molar refractivity (Wildman–Crippen MR) is 96.4 cm³/mol. The van der Waals surface area contributed by atoms with Gasteiger partial charge >= 0.3 is 0 Å². The third kappa shape index (κ3) is 3.87. The average molecular weight is 368 g/mol. The van der Waals surface area contributed by atoms with Gasteiger partial charge in [0.05, 0.1) is 25.3 Å². The Morgan fingerprint density at radius 1 is 1.24 bits per heavy atom. The SMILES string of the molecule is COc1cc([C@@H](C)N(C(=O)[C@H]2CCCCO2)C2CC2)cc(Cl)c1OC. The van der Waals surface area contributed by atoms with Crippen molar-refractivity contribution in [2.24, 2.45) is 0 Å². The summed E-state index contributed by atoms with van der Waals surface area (Å²) in [5.41, 5.74) is 0.943. The van der Waals surface area contributed by atoms with Gasteiger partial charge in [-0.2, -0.15) is 0 Å². The van der Waals surface area contributed by atoms with E-state index >= 15 is 0 Å². The number of halogens is 1. The molecule has 2 atom stereocenters. The Kier molecular flexibility index (Phi) is 5.74. The Hall–Kier alpha value is -1.46. The zero-order chi connectivity index (χ0) is 18.0. The third-order valence-electron chi connectivity index (χ3n) is 5.01. The van der Waals surface area contributed by atoms with Crippen molar-refractivity contribution in [1.29, 1.82) is 0 Å². The van der Waals surface area contributed by atoms with E-state index in [4.69, 9.17) is 25.8 Å². The molecule has 1 aromatic rings. The highest BCUT2D eigenvalue weighted by molar-refractivity contribution is 6.32. The van der Waals surface area contributed by atoms with Crippen molar-refractivity contribution in [3.63, 3.8) is 0 Å². The van der Waals surface area contributed by atoms with Gasteiger partial charge in [0.1, 0.15) is 6.10 Å². The monoisotopic (exact) mass is 367 g/mol. The van der Waals surface area contributed by atoms with Crippen LogP contribution in [0, 0.1) is 0 Å². The molecule has 1 heterocycles. The second-order valence-corrected chi connectivity index (χ2v) is 7.15. The highest BCUT2D eigenvalue weighted by atomic mass is 35.5. The van der Waals surface area contributed by atoms with E-state index in [1.54, 1.807) is 14.2 Å². The lowest BCUT2D eigenvalue weighted by molar-refractivity contribution is -0.149. The largest absolute Gasteiger partial charge is 0.493 e. The number of amides is 1. The molecule has 1 amide bonds. The molecule has 5 nitrogen and oxygen atoms in total. The van der Waals surface area contributed by atoms with Crippen LogP contribution in [0.1, 0.15) is 50.6 Å². The average Bonchev–Trinajstić information content (AvgIpc) is 3.46. The van der Waals surface area contributed by atoms with Crippen molar-refractivity contribution in [2.45, 2.75) is 57.2 Å². The van der Waals surface area contributed by atoms with Crippen LogP contribution >= 0.6 is 11.6 Å². The standard InChI is InChI=1S/C19H26ClNO4/c1-12(13-10-15(20)18(24-3)17(11-13)23-2)21(14-7-8-14)19(22)16-6-4-5-9-25-16/h10-12,14,16H,4-9H2,1-3H3/t12-,16-/m1/s1. The number of hydrogen-bond acceptors (Lipinski definition) is 4. The van der Waals surface area contributed by atoms with Crippen molar-refractivity contribution in [3.05, 3.63) is 22.7 Å². The lowest BCUT2D eigenvalue weighted by Gasteiger charge is -2.34. The Bertz CT molecular complexity index is 626. The van der Waals surface area contributed by atoms with E-state index in [1.165, 1.54) is 0 Å². The fourth-order valence-electron chi connectivity index (χ4n) is 3.48. The van der Waals surface area contributed by atoms with Gasteiger partial charge in [-0.25, -0.2) is 0 Å². The van der Waals surface area contributed by atoms with Crippen molar-refractivity contribution < 1.29 is 19.0 Å². The molecule has 1 aliphatic heterocycles. The van der Waals surface area contributed by atoms with Crippen molar-refractivity contribution >= 4 is 17.5 Å². The molecule has 0 aromatic heterocycles. The summed E-state index contributed by atoms with van der Waals surface area (Å²) in [4.78, 5) is 15.0. The van der Waals surface area contributed by atoms with Crippen LogP contribution < -0.4 is 9.47 Å². The number of ether oxygens (including phenoxy) is 3. The van der Waals surface area contributed by atoms with E-state index in [-0.39, 0.29) is 18.1 Å². The Balaban J connectivity index is 1.87. The maximum Gasteiger partial charge on any atom is 0.252 e. The number of methoxy groups -OCH3 is 2. The normalized spacial score (nSPS) is 21.5. The minimum atomic E-state index is -0.313. The second-order valence-electron chi connectivity index (χ2n) is 6.75. The third-order valence-corrected chi connectivity index (χ3v) is 5.29. The van der Waals surface area contributed by atoms with Gasteiger partial charge in [-0.05, 0) is 56.7 Å². The van der Waals surface area contributed by atoms with Gasteiger partial charge in [0.25, 0.3) is 5.91 Å². The Labute approximate surface area is 154 Å². The Morgan fingerprint density at radius 3 is 2.56 bits per heavy atom. The molecular weight excluding hydrogens is 342 g/mol. The summed E-state index contributed by atoms with van der Waals surface area (Å²) in [5.74, 6) is 1.19. The van der Waals surface area contributed by atoms with Crippen molar-refractivity contribution in [3.8, 4) is 11.5 Å². The molecule has 1 aliphatic carbocycles. The first-order chi connectivity index (χ1) is 12.1. The van der Waals surface area contributed by atoms with Crippen LogP contribution in [-0.2, 0) is 9.53 Å². The maximum absolute atomic E-state index is 13.1. The van der Waals surface area contributed by atoms with E-state index in [1.807, 2.05) is 24.0 Å².